The first-order valence-electron chi connectivity index (χ1n) is 6.55. The lowest BCUT2D eigenvalue weighted by Gasteiger charge is -2.24. The molecule has 1 amide bonds. The van der Waals surface area contributed by atoms with Crippen LogP contribution in [0.25, 0.3) is 0 Å². The van der Waals surface area contributed by atoms with Gasteiger partial charge in [-0.25, -0.2) is 0 Å². The van der Waals surface area contributed by atoms with Crippen LogP contribution in [-0.2, 0) is 11.2 Å². The minimum absolute atomic E-state index is 0.0859. The van der Waals surface area contributed by atoms with Crippen molar-refractivity contribution in [2.75, 3.05) is 18.9 Å². The minimum Gasteiger partial charge on any atom is -0.299 e. The van der Waals surface area contributed by atoms with E-state index < -0.39 is 0 Å². The number of amides is 1. The monoisotopic (exact) mass is 324 g/mol. The predicted octanol–water partition coefficient (Wildman–Crippen LogP) is 2.69. The second kappa shape index (κ2) is 7.49. The van der Waals surface area contributed by atoms with Gasteiger partial charge < -0.3 is 0 Å². The van der Waals surface area contributed by atoms with E-state index in [1.807, 2.05) is 36.2 Å². The number of aromatic nitrogens is 2. The Kier molecular flexibility index (Phi) is 5.67. The van der Waals surface area contributed by atoms with Crippen molar-refractivity contribution in [3.05, 3.63) is 40.4 Å². The summed E-state index contributed by atoms with van der Waals surface area (Å²) < 4.78 is 0. The van der Waals surface area contributed by atoms with E-state index >= 15 is 0 Å². The van der Waals surface area contributed by atoms with E-state index in [9.17, 15) is 4.79 Å². The first kappa shape index (κ1) is 15.9. The fraction of sp³-hybridized carbons (Fsp3) is 0.357. The van der Waals surface area contributed by atoms with Crippen molar-refractivity contribution in [3.8, 4) is 0 Å². The summed E-state index contributed by atoms with van der Waals surface area (Å²) in [5.74, 6) is -0.0859. The SMILES string of the molecule is C[C@@H](Cc1ccc(Cl)cc1)N(C)CC(=O)Nc1nncs1. The van der Waals surface area contributed by atoms with E-state index in [4.69, 9.17) is 11.6 Å². The Bertz CT molecular complexity index is 573. The molecule has 0 saturated heterocycles. The molecule has 0 aliphatic heterocycles. The first-order valence-corrected chi connectivity index (χ1v) is 7.81. The van der Waals surface area contributed by atoms with E-state index in [-0.39, 0.29) is 11.9 Å². The van der Waals surface area contributed by atoms with Gasteiger partial charge >= 0.3 is 0 Å². The third-order valence-corrected chi connectivity index (χ3v) is 4.05. The zero-order valence-electron chi connectivity index (χ0n) is 11.9. The highest BCUT2D eigenvalue weighted by molar-refractivity contribution is 7.13. The number of halogens is 1. The average Bonchev–Trinajstić information content (AvgIpc) is 2.94. The average molecular weight is 325 g/mol. The van der Waals surface area contributed by atoms with Gasteiger partial charge in [-0.1, -0.05) is 35.1 Å². The van der Waals surface area contributed by atoms with Gasteiger partial charge in [-0.3, -0.25) is 15.0 Å². The molecule has 7 heteroatoms. The smallest absolute Gasteiger partial charge is 0.240 e. The van der Waals surface area contributed by atoms with Gasteiger partial charge in [0.2, 0.25) is 11.0 Å². The lowest BCUT2D eigenvalue weighted by atomic mass is 10.1. The van der Waals surface area contributed by atoms with Crippen molar-refractivity contribution < 1.29 is 4.79 Å². The summed E-state index contributed by atoms with van der Waals surface area (Å²) in [7, 11) is 1.93. The molecule has 21 heavy (non-hydrogen) atoms. The van der Waals surface area contributed by atoms with Crippen molar-refractivity contribution in [3.63, 3.8) is 0 Å². The summed E-state index contributed by atoms with van der Waals surface area (Å²) in [5, 5.41) is 11.5. The molecule has 0 fully saturated rings. The molecule has 0 radical (unpaired) electrons. The fourth-order valence-corrected chi connectivity index (χ4v) is 2.47. The maximum Gasteiger partial charge on any atom is 0.240 e. The molecule has 5 nitrogen and oxygen atoms in total. The van der Waals surface area contributed by atoms with Crippen LogP contribution in [0.15, 0.2) is 29.8 Å². The third-order valence-electron chi connectivity index (χ3n) is 3.20. The van der Waals surface area contributed by atoms with Crippen LogP contribution in [0.2, 0.25) is 5.02 Å². The molecule has 1 N–H and O–H groups in total. The molecule has 0 bridgehead atoms. The number of benzene rings is 1. The van der Waals surface area contributed by atoms with Gasteiger partial charge in [-0.2, -0.15) is 0 Å². The van der Waals surface area contributed by atoms with Crippen LogP contribution < -0.4 is 5.32 Å². The molecule has 0 aliphatic rings. The molecule has 0 saturated carbocycles. The van der Waals surface area contributed by atoms with Gasteiger partial charge in [-0.05, 0) is 38.1 Å². The number of hydrogen-bond donors (Lipinski definition) is 1. The number of anilines is 1. The maximum atomic E-state index is 11.9. The Labute approximate surface area is 133 Å². The van der Waals surface area contributed by atoms with Gasteiger partial charge in [0, 0.05) is 11.1 Å². The molecule has 1 aromatic carbocycles. The molecular weight excluding hydrogens is 308 g/mol. The van der Waals surface area contributed by atoms with Crippen LogP contribution in [-0.4, -0.2) is 40.6 Å². The molecule has 1 heterocycles. The van der Waals surface area contributed by atoms with Crippen molar-refractivity contribution in [2.45, 2.75) is 19.4 Å². The van der Waals surface area contributed by atoms with Crippen LogP contribution in [0, 0.1) is 0 Å². The van der Waals surface area contributed by atoms with E-state index in [1.165, 1.54) is 16.9 Å². The summed E-state index contributed by atoms with van der Waals surface area (Å²) >= 11 is 7.18. The Morgan fingerprint density at radius 1 is 1.43 bits per heavy atom. The van der Waals surface area contributed by atoms with Gasteiger partial charge in [0.25, 0.3) is 0 Å². The van der Waals surface area contributed by atoms with Crippen molar-refractivity contribution >= 4 is 34.0 Å². The fourth-order valence-electron chi connectivity index (χ4n) is 1.89. The number of carbonyl (C=O) groups is 1. The second-order valence-corrected chi connectivity index (χ2v) is 6.16. The summed E-state index contributed by atoms with van der Waals surface area (Å²) in [6.45, 7) is 2.40. The highest BCUT2D eigenvalue weighted by Crippen LogP contribution is 2.13. The van der Waals surface area contributed by atoms with Gasteiger partial charge in [-0.15, -0.1) is 10.2 Å². The number of carbonyl (C=O) groups excluding carboxylic acids is 1. The Balaban J connectivity index is 1.82. The third kappa shape index (κ3) is 5.08. The first-order chi connectivity index (χ1) is 10.0. The van der Waals surface area contributed by atoms with Crippen molar-refractivity contribution in [2.24, 2.45) is 0 Å². The van der Waals surface area contributed by atoms with Crippen molar-refractivity contribution in [1.82, 2.24) is 15.1 Å². The molecular formula is C14H17ClN4OS. The largest absolute Gasteiger partial charge is 0.299 e. The quantitative estimate of drug-likeness (QED) is 0.887. The zero-order valence-corrected chi connectivity index (χ0v) is 13.5. The number of nitrogens with one attached hydrogen (secondary N) is 1. The molecule has 1 aromatic heterocycles. The standard InChI is InChI=1S/C14H17ClN4OS/c1-10(7-11-3-5-12(15)6-4-11)19(2)8-13(20)17-14-18-16-9-21-14/h3-6,9-10H,7-8H2,1-2H3,(H,17,18,20)/t10-/m0/s1. The van der Waals surface area contributed by atoms with Crippen molar-refractivity contribution in [1.29, 1.82) is 0 Å². The Morgan fingerprint density at radius 3 is 2.76 bits per heavy atom. The van der Waals surface area contributed by atoms with Crippen LogP contribution in [0.5, 0.6) is 0 Å². The van der Waals surface area contributed by atoms with Crippen LogP contribution >= 0.6 is 22.9 Å². The summed E-state index contributed by atoms with van der Waals surface area (Å²) in [6.07, 6.45) is 0.861. The molecule has 1 atom stereocenters. The normalized spacial score (nSPS) is 12.4. The van der Waals surface area contributed by atoms with Gasteiger partial charge in [0.1, 0.15) is 5.51 Å². The van der Waals surface area contributed by atoms with Crippen LogP contribution in [0.4, 0.5) is 5.13 Å². The van der Waals surface area contributed by atoms with E-state index in [0.29, 0.717) is 11.7 Å². The highest BCUT2D eigenvalue weighted by Gasteiger charge is 2.14. The summed E-state index contributed by atoms with van der Waals surface area (Å²) in [5.41, 5.74) is 2.78. The number of nitrogens with zero attached hydrogens (tertiary/aromatic N) is 3. The number of likely N-dealkylation sites (N-methyl/N-ethyl adjacent to an activating group) is 1. The lowest BCUT2D eigenvalue weighted by Crippen LogP contribution is -2.37. The van der Waals surface area contributed by atoms with E-state index in [1.54, 1.807) is 5.51 Å². The molecule has 0 unspecified atom stereocenters. The highest BCUT2D eigenvalue weighted by atomic mass is 35.5. The molecule has 0 spiro atoms. The topological polar surface area (TPSA) is 58.1 Å². The van der Waals surface area contributed by atoms with Crippen LogP contribution in [0.1, 0.15) is 12.5 Å². The molecule has 0 aliphatic carbocycles. The van der Waals surface area contributed by atoms with Crippen LogP contribution in [0.3, 0.4) is 0 Å². The molecule has 112 valence electrons. The number of hydrogen-bond acceptors (Lipinski definition) is 5. The maximum absolute atomic E-state index is 11.9. The summed E-state index contributed by atoms with van der Waals surface area (Å²) in [6, 6.07) is 8.02. The lowest BCUT2D eigenvalue weighted by molar-refractivity contribution is -0.117. The molecule has 2 rings (SSSR count). The number of rotatable bonds is 6. The van der Waals surface area contributed by atoms with Gasteiger partial charge in [0.05, 0.1) is 6.54 Å². The Morgan fingerprint density at radius 2 is 2.14 bits per heavy atom. The molecule has 2 aromatic rings. The van der Waals surface area contributed by atoms with Gasteiger partial charge in [0.15, 0.2) is 0 Å². The summed E-state index contributed by atoms with van der Waals surface area (Å²) in [4.78, 5) is 13.9. The predicted molar refractivity (Wildman–Crippen MR) is 85.8 cm³/mol. The Hall–Kier alpha value is -1.50. The van der Waals surface area contributed by atoms with E-state index in [2.05, 4.69) is 22.4 Å². The van der Waals surface area contributed by atoms with E-state index in [0.717, 1.165) is 11.4 Å². The minimum atomic E-state index is -0.0859. The second-order valence-electron chi connectivity index (χ2n) is 4.89. The zero-order chi connectivity index (χ0) is 15.2.